The van der Waals surface area contributed by atoms with Gasteiger partial charge in [0.05, 0.1) is 11.1 Å². The van der Waals surface area contributed by atoms with Crippen LogP contribution in [0.4, 0.5) is 0 Å². The van der Waals surface area contributed by atoms with Gasteiger partial charge in [0.15, 0.2) is 5.82 Å². The van der Waals surface area contributed by atoms with Crippen LogP contribution in [0.25, 0.3) is 55.0 Å². The van der Waals surface area contributed by atoms with Crippen LogP contribution in [0, 0.1) is 11.3 Å². The minimum absolute atomic E-state index is 0.0718. The fraction of sp³-hybridized carbons (Fsp3) is 0.395. The quantitative estimate of drug-likeness (QED) is 0.180. The van der Waals surface area contributed by atoms with Crippen LogP contribution in [-0.2, 0) is 23.7 Å². The zero-order valence-electron chi connectivity index (χ0n) is 30.5. The summed E-state index contributed by atoms with van der Waals surface area (Å²) in [5.41, 5.74) is 5.24. The van der Waals surface area contributed by atoms with Crippen LogP contribution < -0.4 is 4.74 Å². The van der Waals surface area contributed by atoms with E-state index in [1.807, 2.05) is 6.20 Å². The topological polar surface area (TPSA) is 60.8 Å². The predicted octanol–water partition coefficient (Wildman–Crippen LogP) is 11.5. The van der Waals surface area contributed by atoms with Gasteiger partial charge in [-0.3, -0.25) is 4.98 Å². The molecule has 48 heavy (non-hydrogen) atoms. The first kappa shape index (κ1) is 32.2. The highest BCUT2D eigenvalue weighted by Crippen LogP contribution is 2.52. The van der Waals surface area contributed by atoms with E-state index in [9.17, 15) is 0 Å². The predicted molar refractivity (Wildman–Crippen MR) is 200 cm³/mol. The molecule has 0 spiro atoms. The number of hydrogen-bond donors (Lipinski definition) is 0. The summed E-state index contributed by atoms with van der Waals surface area (Å²) in [6.07, 6.45) is 3.89. The van der Waals surface area contributed by atoms with Crippen molar-refractivity contribution in [2.24, 2.45) is 11.3 Å². The molecule has 0 amide bonds. The summed E-state index contributed by atoms with van der Waals surface area (Å²) in [5.74, 6) is 4.66. The van der Waals surface area contributed by atoms with Crippen molar-refractivity contribution in [1.82, 2.24) is 19.9 Å². The van der Waals surface area contributed by atoms with Gasteiger partial charge in [-0.05, 0) is 69.5 Å². The van der Waals surface area contributed by atoms with Crippen molar-refractivity contribution in [3.8, 4) is 34.1 Å². The van der Waals surface area contributed by atoms with E-state index in [0.717, 1.165) is 74.4 Å². The molecule has 1 aliphatic heterocycles. The lowest BCUT2D eigenvalue weighted by atomic mass is 9.83. The van der Waals surface area contributed by atoms with Crippen molar-refractivity contribution < 1.29 is 4.74 Å². The molecule has 0 unspecified atom stereocenters. The number of pyridine rings is 1. The molecular formula is C43H48N4O. The molecule has 2 aromatic heterocycles. The number of nitrogens with zero attached hydrogens (tertiary/aromatic N) is 4. The zero-order chi connectivity index (χ0) is 34.3. The fourth-order valence-electron chi connectivity index (χ4n) is 6.98. The van der Waals surface area contributed by atoms with Crippen molar-refractivity contribution in [3.63, 3.8) is 0 Å². The van der Waals surface area contributed by atoms with Crippen LogP contribution in [-0.4, -0.2) is 19.9 Å². The Hall–Kier alpha value is -4.38. The van der Waals surface area contributed by atoms with E-state index >= 15 is 0 Å². The smallest absolute Gasteiger partial charge is 0.164 e. The molecule has 1 aliphatic rings. The zero-order valence-corrected chi connectivity index (χ0v) is 30.5. The average Bonchev–Trinajstić information content (AvgIpc) is 2.99. The molecule has 7 rings (SSSR count). The van der Waals surface area contributed by atoms with Crippen LogP contribution in [0.1, 0.15) is 98.9 Å². The van der Waals surface area contributed by atoms with Crippen LogP contribution >= 0.6 is 0 Å². The van der Waals surface area contributed by atoms with Crippen molar-refractivity contribution in [2.75, 3.05) is 0 Å². The molecule has 3 heterocycles. The van der Waals surface area contributed by atoms with Crippen molar-refractivity contribution in [3.05, 3.63) is 83.6 Å². The molecule has 0 fully saturated rings. The van der Waals surface area contributed by atoms with Gasteiger partial charge in [0.25, 0.3) is 0 Å². The van der Waals surface area contributed by atoms with E-state index in [-0.39, 0.29) is 16.2 Å². The van der Waals surface area contributed by atoms with Crippen molar-refractivity contribution >= 4 is 32.3 Å². The maximum atomic E-state index is 7.03. The van der Waals surface area contributed by atoms with E-state index < -0.39 is 0 Å². The van der Waals surface area contributed by atoms with Crippen LogP contribution in [0.15, 0.2) is 60.8 Å². The summed E-state index contributed by atoms with van der Waals surface area (Å²) in [5, 5.41) is 6.82. The number of benzene rings is 4. The van der Waals surface area contributed by atoms with Gasteiger partial charge in [-0.1, -0.05) is 113 Å². The molecule has 6 aromatic rings. The molecule has 5 nitrogen and oxygen atoms in total. The molecule has 0 saturated heterocycles. The minimum Gasteiger partial charge on any atom is -0.456 e. The molecular weight excluding hydrogens is 589 g/mol. The highest BCUT2D eigenvalue weighted by atomic mass is 16.5. The summed E-state index contributed by atoms with van der Waals surface area (Å²) in [7, 11) is 0. The van der Waals surface area contributed by atoms with Crippen LogP contribution in [0.3, 0.4) is 0 Å². The number of aromatic nitrogens is 4. The van der Waals surface area contributed by atoms with Gasteiger partial charge in [0, 0.05) is 39.1 Å². The summed E-state index contributed by atoms with van der Waals surface area (Å²) < 4.78 is 7.03. The number of ether oxygens (including phenoxy) is 1. The van der Waals surface area contributed by atoms with Gasteiger partial charge in [-0.25, -0.2) is 15.0 Å². The van der Waals surface area contributed by atoms with Crippen LogP contribution in [0.5, 0.6) is 11.5 Å². The van der Waals surface area contributed by atoms with Gasteiger partial charge in [0.2, 0.25) is 0 Å². The number of rotatable bonds is 4. The molecule has 5 heteroatoms. The monoisotopic (exact) mass is 636 g/mol. The SMILES string of the molecule is CC(C)Cc1ccc2c(CC(C)(C)C)c3c(cc2c1)-c1nccc2c1c(cc1cccc(-c4nc(C(C)(C)C)nc(C(C)(C)C)n4)c12)O3. The Kier molecular flexibility index (Phi) is 7.43. The standard InChI is InChI=1S/C43H48N4O/c1-24(2)19-25-15-16-28-27(20-25)21-31-36-35-29(17-18-44-36)34-26(22-33(35)48-37(31)32(28)23-41(3,4)5)13-12-14-30(34)38-45-39(42(6,7)8)47-40(46-38)43(9,10)11/h12-18,20-22,24H,19,23H2,1-11H3. The van der Waals surface area contributed by atoms with Gasteiger partial charge in [-0.2, -0.15) is 0 Å². The second-order valence-electron chi connectivity index (χ2n) is 17.4. The average molecular weight is 637 g/mol. The molecule has 0 radical (unpaired) electrons. The lowest BCUT2D eigenvalue weighted by molar-refractivity contribution is 0.400. The second kappa shape index (κ2) is 11.1. The summed E-state index contributed by atoms with van der Waals surface area (Å²) in [4.78, 5) is 20.2. The van der Waals surface area contributed by atoms with Gasteiger partial charge < -0.3 is 4.74 Å². The molecule has 0 bridgehead atoms. The third-order valence-electron chi connectivity index (χ3n) is 9.15. The van der Waals surface area contributed by atoms with E-state index in [1.165, 1.54) is 21.9 Å². The third kappa shape index (κ3) is 5.71. The summed E-state index contributed by atoms with van der Waals surface area (Å²) in [6.45, 7) is 24.4. The highest BCUT2D eigenvalue weighted by molar-refractivity contribution is 6.20. The lowest BCUT2D eigenvalue weighted by Gasteiger charge is -2.28. The lowest BCUT2D eigenvalue weighted by Crippen LogP contribution is -2.24. The first-order chi connectivity index (χ1) is 22.5. The fourth-order valence-corrected chi connectivity index (χ4v) is 6.98. The normalized spacial score (nSPS) is 13.4. The molecule has 0 atom stereocenters. The largest absolute Gasteiger partial charge is 0.456 e. The summed E-state index contributed by atoms with van der Waals surface area (Å²) >= 11 is 0. The Labute approximate surface area is 285 Å². The van der Waals surface area contributed by atoms with E-state index in [4.69, 9.17) is 24.7 Å². The Bertz CT molecular complexity index is 2210. The molecule has 0 aliphatic carbocycles. The molecule has 4 aromatic carbocycles. The number of hydrogen-bond acceptors (Lipinski definition) is 5. The molecule has 0 saturated carbocycles. The highest BCUT2D eigenvalue weighted by Gasteiger charge is 2.30. The third-order valence-corrected chi connectivity index (χ3v) is 9.15. The van der Waals surface area contributed by atoms with Gasteiger partial charge in [0.1, 0.15) is 23.1 Å². The van der Waals surface area contributed by atoms with E-state index in [0.29, 0.717) is 11.7 Å². The molecule has 246 valence electrons. The van der Waals surface area contributed by atoms with E-state index in [2.05, 4.69) is 131 Å². The van der Waals surface area contributed by atoms with Gasteiger partial charge >= 0.3 is 0 Å². The van der Waals surface area contributed by atoms with E-state index in [1.54, 1.807) is 0 Å². The Morgan fingerprint density at radius 3 is 2.04 bits per heavy atom. The second-order valence-corrected chi connectivity index (χ2v) is 17.4. The first-order valence-corrected chi connectivity index (χ1v) is 17.4. The maximum Gasteiger partial charge on any atom is 0.164 e. The van der Waals surface area contributed by atoms with Crippen molar-refractivity contribution in [1.29, 1.82) is 0 Å². The van der Waals surface area contributed by atoms with Crippen LogP contribution in [0.2, 0.25) is 0 Å². The van der Waals surface area contributed by atoms with Gasteiger partial charge in [-0.15, -0.1) is 0 Å². The minimum atomic E-state index is -0.227. The Morgan fingerprint density at radius 2 is 1.40 bits per heavy atom. The first-order valence-electron chi connectivity index (χ1n) is 17.4. The van der Waals surface area contributed by atoms with Crippen molar-refractivity contribution in [2.45, 2.75) is 99.8 Å². The maximum absolute atomic E-state index is 7.03. The Morgan fingerprint density at radius 1 is 0.688 bits per heavy atom. The Balaban J connectivity index is 1.53. The summed E-state index contributed by atoms with van der Waals surface area (Å²) in [6, 6.07) is 20.0. The molecule has 0 N–H and O–H groups in total. The number of fused-ring (bicyclic) bond motifs is 5.